The molecule has 1 aromatic carbocycles. The summed E-state index contributed by atoms with van der Waals surface area (Å²) in [4.78, 5) is 1.98. The Balaban J connectivity index is 2.41. The maximum Gasteiger partial charge on any atom is 0.232 e. The van der Waals surface area contributed by atoms with Gasteiger partial charge in [-0.3, -0.25) is 0 Å². The van der Waals surface area contributed by atoms with E-state index in [0.717, 1.165) is 15.3 Å². The van der Waals surface area contributed by atoms with E-state index in [1.807, 2.05) is 18.0 Å². The summed E-state index contributed by atoms with van der Waals surface area (Å²) in [5.74, 6) is 0. The van der Waals surface area contributed by atoms with Gasteiger partial charge in [0.2, 0.25) is 5.13 Å². The Kier molecular flexibility index (Phi) is 2.97. The molecule has 0 aliphatic heterocycles. The van der Waals surface area contributed by atoms with Gasteiger partial charge in [0, 0.05) is 28.7 Å². The van der Waals surface area contributed by atoms with Crippen LogP contribution < -0.4 is 4.90 Å². The summed E-state index contributed by atoms with van der Waals surface area (Å²) in [6.07, 6.45) is 0. The van der Waals surface area contributed by atoms with E-state index < -0.39 is 0 Å². The zero-order valence-electron chi connectivity index (χ0n) is 8.31. The van der Waals surface area contributed by atoms with Gasteiger partial charge >= 0.3 is 0 Å². The van der Waals surface area contributed by atoms with E-state index in [1.54, 1.807) is 0 Å². The highest BCUT2D eigenvalue weighted by Crippen LogP contribution is 2.29. The Morgan fingerprint density at radius 2 is 2.20 bits per heavy atom. The van der Waals surface area contributed by atoms with Gasteiger partial charge in [-0.1, -0.05) is 31.6 Å². The molecule has 0 radical (unpaired) electrons. The molecule has 1 heterocycles. The van der Waals surface area contributed by atoms with E-state index in [0.29, 0.717) is 0 Å². The molecule has 0 spiro atoms. The molecule has 0 aliphatic rings. The van der Waals surface area contributed by atoms with Gasteiger partial charge in [-0.25, -0.2) is 0 Å². The number of hydrogen-bond acceptors (Lipinski definition) is 5. The third kappa shape index (κ3) is 2.15. The number of aryl methyl sites for hydroxylation is 1. The van der Waals surface area contributed by atoms with Crippen LogP contribution in [0.5, 0.6) is 0 Å². The number of rotatable bonds is 2. The van der Waals surface area contributed by atoms with Crippen LogP contribution in [0.2, 0.25) is 0 Å². The molecule has 0 aliphatic carbocycles. The summed E-state index contributed by atoms with van der Waals surface area (Å²) in [7, 11) is 1.96. The van der Waals surface area contributed by atoms with Crippen LogP contribution in [0.1, 0.15) is 5.56 Å². The molecule has 2 rings (SSSR count). The average Bonchev–Trinajstić information content (AvgIpc) is 2.74. The Morgan fingerprint density at radius 1 is 1.40 bits per heavy atom. The predicted molar refractivity (Wildman–Crippen MR) is 64.6 cm³/mol. The molecule has 0 bridgehead atoms. The van der Waals surface area contributed by atoms with Gasteiger partial charge in [0.1, 0.15) is 0 Å². The molecule has 6 heteroatoms. The molecule has 0 amide bonds. The first-order valence-electron chi connectivity index (χ1n) is 4.33. The summed E-state index contributed by atoms with van der Waals surface area (Å²) >= 11 is 4.73. The fourth-order valence-electron chi connectivity index (χ4n) is 1.30. The van der Waals surface area contributed by atoms with Crippen LogP contribution in [0.3, 0.4) is 0 Å². The van der Waals surface area contributed by atoms with Crippen molar-refractivity contribution in [1.82, 2.24) is 14.8 Å². The highest BCUT2D eigenvalue weighted by Gasteiger charge is 2.10. The molecule has 0 unspecified atom stereocenters. The third-order valence-corrected chi connectivity index (χ3v) is 3.28. The Bertz CT molecular complexity index is 457. The summed E-state index contributed by atoms with van der Waals surface area (Å²) < 4.78 is 4.80. The van der Waals surface area contributed by atoms with Gasteiger partial charge in [-0.05, 0) is 29.8 Å². The summed E-state index contributed by atoms with van der Waals surface area (Å²) in [6, 6.07) is 6.13. The molecule has 78 valence electrons. The van der Waals surface area contributed by atoms with E-state index in [2.05, 4.69) is 49.8 Å². The summed E-state index contributed by atoms with van der Waals surface area (Å²) in [5.41, 5.74) is 2.29. The van der Waals surface area contributed by atoms with E-state index in [4.69, 9.17) is 0 Å². The molecule has 0 fully saturated rings. The van der Waals surface area contributed by atoms with Crippen molar-refractivity contribution in [3.8, 4) is 0 Å². The van der Waals surface area contributed by atoms with Crippen molar-refractivity contribution in [3.63, 3.8) is 0 Å². The lowest BCUT2D eigenvalue weighted by molar-refractivity contribution is 0.943. The molecule has 15 heavy (non-hydrogen) atoms. The third-order valence-electron chi connectivity index (χ3n) is 2.11. The maximum atomic E-state index is 3.93. The fraction of sp³-hybridized carbons (Fsp3) is 0.222. The second kappa shape index (κ2) is 4.24. The lowest BCUT2D eigenvalue weighted by Crippen LogP contribution is -2.10. The van der Waals surface area contributed by atoms with Crippen LogP contribution in [0, 0.1) is 6.92 Å². The molecular formula is C9H9BrN4S. The van der Waals surface area contributed by atoms with Crippen molar-refractivity contribution in [2.45, 2.75) is 6.92 Å². The van der Waals surface area contributed by atoms with Crippen LogP contribution in [-0.2, 0) is 0 Å². The first-order valence-corrected chi connectivity index (χ1v) is 5.90. The molecule has 0 N–H and O–H groups in total. The second-order valence-electron chi connectivity index (χ2n) is 3.13. The topological polar surface area (TPSA) is 41.9 Å². The van der Waals surface area contributed by atoms with Gasteiger partial charge in [0.15, 0.2) is 0 Å². The van der Waals surface area contributed by atoms with Crippen molar-refractivity contribution < 1.29 is 0 Å². The number of benzene rings is 1. The first kappa shape index (κ1) is 10.5. The van der Waals surface area contributed by atoms with Crippen molar-refractivity contribution in [1.29, 1.82) is 0 Å². The second-order valence-corrected chi connectivity index (χ2v) is 4.76. The minimum absolute atomic E-state index is 0.788. The first-order chi connectivity index (χ1) is 7.18. The smallest absolute Gasteiger partial charge is 0.232 e. The molecule has 4 nitrogen and oxygen atoms in total. The highest BCUT2D eigenvalue weighted by atomic mass is 79.9. The number of anilines is 2. The molecule has 1 aromatic heterocycles. The van der Waals surface area contributed by atoms with Gasteiger partial charge < -0.3 is 4.90 Å². The largest absolute Gasteiger partial charge is 0.318 e. The van der Waals surface area contributed by atoms with Gasteiger partial charge in [-0.2, -0.15) is 0 Å². The monoisotopic (exact) mass is 284 g/mol. The van der Waals surface area contributed by atoms with Crippen LogP contribution in [0.4, 0.5) is 10.8 Å². The summed E-state index contributed by atoms with van der Waals surface area (Å²) in [5, 5.41) is 8.31. The SMILES string of the molecule is Cc1ccc(Br)cc1N(C)c1nnns1. The zero-order chi connectivity index (χ0) is 10.8. The van der Waals surface area contributed by atoms with E-state index in [9.17, 15) is 0 Å². The van der Waals surface area contributed by atoms with Gasteiger partial charge in [-0.15, -0.1) is 0 Å². The minimum atomic E-state index is 0.788. The number of aromatic nitrogens is 3. The van der Waals surface area contributed by atoms with Crippen LogP contribution >= 0.6 is 27.5 Å². The lowest BCUT2D eigenvalue weighted by Gasteiger charge is -2.17. The van der Waals surface area contributed by atoms with Gasteiger partial charge in [0.05, 0.1) is 0 Å². The van der Waals surface area contributed by atoms with E-state index in [-0.39, 0.29) is 0 Å². The Hall–Kier alpha value is -1.01. The number of nitrogens with zero attached hydrogens (tertiary/aromatic N) is 4. The minimum Gasteiger partial charge on any atom is -0.318 e. The Labute approximate surface area is 100 Å². The molecule has 0 saturated carbocycles. The predicted octanol–water partition coefficient (Wildman–Crippen LogP) is 2.77. The van der Waals surface area contributed by atoms with Crippen LogP contribution in [0.15, 0.2) is 22.7 Å². The van der Waals surface area contributed by atoms with Crippen molar-refractivity contribution >= 4 is 38.3 Å². The molecular weight excluding hydrogens is 276 g/mol. The lowest BCUT2D eigenvalue weighted by atomic mass is 10.2. The van der Waals surface area contributed by atoms with Crippen molar-refractivity contribution in [2.24, 2.45) is 0 Å². The number of hydrogen-bond donors (Lipinski definition) is 0. The molecule has 2 aromatic rings. The standard InChI is InChI=1S/C9H9BrN4S/c1-6-3-4-7(10)5-8(6)14(2)9-11-12-13-15-9/h3-5H,1-2H3. The quantitative estimate of drug-likeness (QED) is 0.851. The molecule has 0 saturated heterocycles. The Morgan fingerprint density at radius 3 is 2.87 bits per heavy atom. The average molecular weight is 285 g/mol. The number of halogens is 1. The van der Waals surface area contributed by atoms with Crippen molar-refractivity contribution in [2.75, 3.05) is 11.9 Å². The summed E-state index contributed by atoms with van der Waals surface area (Å²) in [6.45, 7) is 2.06. The molecule has 0 atom stereocenters. The van der Waals surface area contributed by atoms with E-state index >= 15 is 0 Å². The normalized spacial score (nSPS) is 10.3. The van der Waals surface area contributed by atoms with Gasteiger partial charge in [0.25, 0.3) is 0 Å². The van der Waals surface area contributed by atoms with Crippen molar-refractivity contribution in [3.05, 3.63) is 28.2 Å². The maximum absolute atomic E-state index is 3.93. The van der Waals surface area contributed by atoms with E-state index in [1.165, 1.54) is 17.1 Å². The fourth-order valence-corrected chi connectivity index (χ4v) is 2.09. The van der Waals surface area contributed by atoms with Crippen LogP contribution in [-0.4, -0.2) is 21.8 Å². The zero-order valence-corrected chi connectivity index (χ0v) is 10.7. The highest BCUT2D eigenvalue weighted by molar-refractivity contribution is 9.10. The van der Waals surface area contributed by atoms with Crippen LogP contribution in [0.25, 0.3) is 0 Å².